The molecule has 1 amide bonds. The molecule has 1 atom stereocenters. The molecule has 100 valence electrons. The molecular weight excluding hydrogens is 273 g/mol. The SMILES string of the molecule is CC(C)C(Cl)CNC(=O)COc1cccc(Cl)c1. The number of carbonyl (C=O) groups excluding carboxylic acids is 1. The molecule has 1 aromatic carbocycles. The minimum Gasteiger partial charge on any atom is -0.484 e. The van der Waals surface area contributed by atoms with E-state index < -0.39 is 0 Å². The van der Waals surface area contributed by atoms with E-state index >= 15 is 0 Å². The summed E-state index contributed by atoms with van der Waals surface area (Å²) in [6, 6.07) is 6.92. The monoisotopic (exact) mass is 289 g/mol. The highest BCUT2D eigenvalue weighted by Gasteiger charge is 2.11. The first-order chi connectivity index (χ1) is 8.49. The van der Waals surface area contributed by atoms with Gasteiger partial charge in [-0.2, -0.15) is 0 Å². The summed E-state index contributed by atoms with van der Waals surface area (Å²) in [6.45, 7) is 4.41. The van der Waals surface area contributed by atoms with Gasteiger partial charge in [0, 0.05) is 11.6 Å². The van der Waals surface area contributed by atoms with E-state index in [4.69, 9.17) is 27.9 Å². The van der Waals surface area contributed by atoms with E-state index in [0.717, 1.165) is 0 Å². The number of hydrogen-bond acceptors (Lipinski definition) is 2. The lowest BCUT2D eigenvalue weighted by Gasteiger charge is -2.14. The number of rotatable bonds is 6. The molecule has 1 aromatic rings. The van der Waals surface area contributed by atoms with E-state index in [1.807, 2.05) is 13.8 Å². The fourth-order valence-electron chi connectivity index (χ4n) is 1.20. The van der Waals surface area contributed by atoms with Crippen LogP contribution in [0.2, 0.25) is 5.02 Å². The standard InChI is InChI=1S/C13H17Cl2NO2/c1-9(2)12(15)7-16-13(17)8-18-11-5-3-4-10(14)6-11/h3-6,9,12H,7-8H2,1-2H3,(H,16,17). The number of ether oxygens (including phenoxy) is 1. The molecule has 3 nitrogen and oxygen atoms in total. The average molecular weight is 290 g/mol. The molecule has 0 heterocycles. The normalized spacial score (nSPS) is 12.3. The summed E-state index contributed by atoms with van der Waals surface area (Å²) in [5, 5.41) is 3.23. The molecule has 18 heavy (non-hydrogen) atoms. The van der Waals surface area contributed by atoms with Crippen molar-refractivity contribution in [3.05, 3.63) is 29.3 Å². The third-order valence-corrected chi connectivity index (χ3v) is 3.28. The maximum absolute atomic E-state index is 11.5. The lowest BCUT2D eigenvalue weighted by atomic mass is 10.1. The zero-order valence-electron chi connectivity index (χ0n) is 10.5. The minimum atomic E-state index is -0.193. The lowest BCUT2D eigenvalue weighted by molar-refractivity contribution is -0.123. The van der Waals surface area contributed by atoms with Crippen LogP contribution in [0.15, 0.2) is 24.3 Å². The number of hydrogen-bond donors (Lipinski definition) is 1. The van der Waals surface area contributed by atoms with Gasteiger partial charge in [0.15, 0.2) is 6.61 Å². The van der Waals surface area contributed by atoms with Crippen LogP contribution < -0.4 is 10.1 Å². The zero-order valence-corrected chi connectivity index (χ0v) is 12.0. The predicted octanol–water partition coefficient (Wildman–Crippen LogP) is 3.10. The van der Waals surface area contributed by atoms with Crippen LogP contribution in [-0.4, -0.2) is 24.4 Å². The van der Waals surface area contributed by atoms with Gasteiger partial charge < -0.3 is 10.1 Å². The fourth-order valence-corrected chi connectivity index (χ4v) is 1.46. The van der Waals surface area contributed by atoms with Crippen LogP contribution in [-0.2, 0) is 4.79 Å². The molecule has 1 N–H and O–H groups in total. The molecule has 0 bridgehead atoms. The Morgan fingerprint density at radius 1 is 1.44 bits per heavy atom. The Balaban J connectivity index is 2.29. The highest BCUT2D eigenvalue weighted by atomic mass is 35.5. The second-order valence-electron chi connectivity index (χ2n) is 4.31. The first-order valence-electron chi connectivity index (χ1n) is 5.78. The molecule has 1 unspecified atom stereocenters. The number of benzene rings is 1. The quantitative estimate of drug-likeness (QED) is 0.818. The van der Waals surface area contributed by atoms with Crippen LogP contribution in [0, 0.1) is 5.92 Å². The Morgan fingerprint density at radius 2 is 2.17 bits per heavy atom. The van der Waals surface area contributed by atoms with E-state index in [9.17, 15) is 4.79 Å². The van der Waals surface area contributed by atoms with E-state index in [0.29, 0.717) is 23.2 Å². The van der Waals surface area contributed by atoms with Crippen molar-refractivity contribution in [2.75, 3.05) is 13.2 Å². The zero-order chi connectivity index (χ0) is 13.5. The van der Waals surface area contributed by atoms with Crippen molar-refractivity contribution in [1.29, 1.82) is 0 Å². The molecule has 0 aliphatic carbocycles. The van der Waals surface area contributed by atoms with Crippen molar-refractivity contribution < 1.29 is 9.53 Å². The van der Waals surface area contributed by atoms with Gasteiger partial charge in [0.05, 0.1) is 5.38 Å². The number of halogens is 2. The summed E-state index contributed by atoms with van der Waals surface area (Å²) in [5.74, 6) is 0.700. The van der Waals surface area contributed by atoms with Crippen molar-refractivity contribution in [2.24, 2.45) is 5.92 Å². The van der Waals surface area contributed by atoms with Crippen LogP contribution in [0.3, 0.4) is 0 Å². The van der Waals surface area contributed by atoms with E-state index in [1.54, 1.807) is 24.3 Å². The molecule has 0 saturated carbocycles. The van der Waals surface area contributed by atoms with Crippen molar-refractivity contribution in [3.63, 3.8) is 0 Å². The van der Waals surface area contributed by atoms with Gasteiger partial charge in [0.2, 0.25) is 0 Å². The van der Waals surface area contributed by atoms with E-state index in [1.165, 1.54) is 0 Å². The molecule has 0 radical (unpaired) electrons. The third kappa shape index (κ3) is 5.61. The molecule has 0 saturated heterocycles. The van der Waals surface area contributed by atoms with Gasteiger partial charge >= 0.3 is 0 Å². The first-order valence-corrected chi connectivity index (χ1v) is 6.59. The highest BCUT2D eigenvalue weighted by molar-refractivity contribution is 6.30. The van der Waals surface area contributed by atoms with Gasteiger partial charge in [-0.15, -0.1) is 11.6 Å². The second-order valence-corrected chi connectivity index (χ2v) is 5.31. The van der Waals surface area contributed by atoms with Gasteiger partial charge in [-0.25, -0.2) is 0 Å². The Morgan fingerprint density at radius 3 is 2.78 bits per heavy atom. The van der Waals surface area contributed by atoms with Gasteiger partial charge in [0.1, 0.15) is 5.75 Å². The summed E-state index contributed by atoms with van der Waals surface area (Å²) in [6.07, 6.45) is 0. The maximum atomic E-state index is 11.5. The van der Waals surface area contributed by atoms with Crippen molar-refractivity contribution in [3.8, 4) is 5.75 Å². The van der Waals surface area contributed by atoms with Crippen LogP contribution in [0.4, 0.5) is 0 Å². The molecule has 1 rings (SSSR count). The molecule has 0 aliphatic rings. The van der Waals surface area contributed by atoms with Gasteiger partial charge in [-0.05, 0) is 24.1 Å². The molecule has 0 fully saturated rings. The van der Waals surface area contributed by atoms with Crippen molar-refractivity contribution in [2.45, 2.75) is 19.2 Å². The molecule has 5 heteroatoms. The maximum Gasteiger partial charge on any atom is 0.257 e. The van der Waals surface area contributed by atoms with Crippen molar-refractivity contribution in [1.82, 2.24) is 5.32 Å². The molecule has 0 aromatic heterocycles. The van der Waals surface area contributed by atoms with E-state index in [2.05, 4.69) is 5.32 Å². The molecular formula is C13H17Cl2NO2. The Labute approximate surface area is 117 Å². The predicted molar refractivity (Wildman–Crippen MR) is 74.4 cm³/mol. The third-order valence-electron chi connectivity index (χ3n) is 2.38. The number of nitrogens with one attached hydrogen (secondary N) is 1. The van der Waals surface area contributed by atoms with Gasteiger partial charge in [-0.1, -0.05) is 31.5 Å². The summed E-state index contributed by atoms with van der Waals surface area (Å²) >= 11 is 11.8. The highest BCUT2D eigenvalue weighted by Crippen LogP contribution is 2.16. The lowest BCUT2D eigenvalue weighted by Crippen LogP contribution is -2.35. The summed E-state index contributed by atoms with van der Waals surface area (Å²) in [4.78, 5) is 11.5. The van der Waals surface area contributed by atoms with Gasteiger partial charge in [-0.3, -0.25) is 4.79 Å². The average Bonchev–Trinajstić information content (AvgIpc) is 2.33. The van der Waals surface area contributed by atoms with Crippen LogP contribution in [0.5, 0.6) is 5.75 Å². The summed E-state index contributed by atoms with van der Waals surface area (Å²) in [7, 11) is 0. The summed E-state index contributed by atoms with van der Waals surface area (Å²) < 4.78 is 5.30. The molecule has 0 spiro atoms. The fraction of sp³-hybridized carbons (Fsp3) is 0.462. The number of carbonyl (C=O) groups is 1. The number of amides is 1. The van der Waals surface area contributed by atoms with Crippen LogP contribution in [0.25, 0.3) is 0 Å². The number of alkyl halides is 1. The largest absolute Gasteiger partial charge is 0.484 e. The smallest absolute Gasteiger partial charge is 0.257 e. The Hall–Kier alpha value is -0.930. The Kier molecular flexibility index (Phi) is 6.30. The van der Waals surface area contributed by atoms with Crippen LogP contribution in [0.1, 0.15) is 13.8 Å². The summed E-state index contributed by atoms with van der Waals surface area (Å²) in [5.41, 5.74) is 0. The van der Waals surface area contributed by atoms with Crippen molar-refractivity contribution >= 4 is 29.1 Å². The van der Waals surface area contributed by atoms with Gasteiger partial charge in [0.25, 0.3) is 5.91 Å². The first kappa shape index (κ1) is 15.1. The second kappa shape index (κ2) is 7.49. The minimum absolute atomic E-state index is 0.0396. The van der Waals surface area contributed by atoms with Crippen LogP contribution >= 0.6 is 23.2 Å². The topological polar surface area (TPSA) is 38.3 Å². The van der Waals surface area contributed by atoms with E-state index in [-0.39, 0.29) is 17.9 Å². The Bertz CT molecular complexity index is 396. The molecule has 0 aliphatic heterocycles.